The van der Waals surface area contributed by atoms with Crippen molar-refractivity contribution in [3.05, 3.63) is 50.7 Å². The first-order chi connectivity index (χ1) is 10.1. The number of hydrogen-bond donors (Lipinski definition) is 2. The second-order valence-electron chi connectivity index (χ2n) is 4.44. The van der Waals surface area contributed by atoms with Gasteiger partial charge in [0.05, 0.1) is 10.6 Å². The van der Waals surface area contributed by atoms with Gasteiger partial charge in [0, 0.05) is 22.0 Å². The van der Waals surface area contributed by atoms with E-state index in [1.807, 2.05) is 24.3 Å². The summed E-state index contributed by atoms with van der Waals surface area (Å²) in [5.74, 6) is 0.372. The Morgan fingerprint density at radius 1 is 1.33 bits per heavy atom. The molecule has 1 aromatic heterocycles. The minimum atomic E-state index is -0.229. The van der Waals surface area contributed by atoms with Crippen molar-refractivity contribution in [1.82, 2.24) is 4.98 Å². The van der Waals surface area contributed by atoms with Crippen molar-refractivity contribution in [2.75, 3.05) is 17.2 Å². The normalized spacial score (nSPS) is 10.2. The molecule has 0 aliphatic heterocycles. The topological polar surface area (TPSA) is 54.0 Å². The zero-order valence-corrected chi connectivity index (χ0v) is 14.4. The van der Waals surface area contributed by atoms with Gasteiger partial charge in [-0.25, -0.2) is 4.98 Å². The number of rotatable bonds is 5. The number of amides is 1. The van der Waals surface area contributed by atoms with Gasteiger partial charge in [0.2, 0.25) is 0 Å². The van der Waals surface area contributed by atoms with Crippen LogP contribution in [0.15, 0.2) is 36.5 Å². The maximum absolute atomic E-state index is 12.1. The van der Waals surface area contributed by atoms with Gasteiger partial charge in [-0.1, -0.05) is 18.5 Å². The largest absolute Gasteiger partial charge is 0.369 e. The highest BCUT2D eigenvalue weighted by Crippen LogP contribution is 2.21. The van der Waals surface area contributed by atoms with Gasteiger partial charge in [0.15, 0.2) is 0 Å². The molecular formula is C15H15ClIN3O. The molecule has 0 atom stereocenters. The van der Waals surface area contributed by atoms with Gasteiger partial charge in [-0.2, -0.15) is 0 Å². The van der Waals surface area contributed by atoms with Crippen LogP contribution in [0.3, 0.4) is 0 Å². The fraction of sp³-hybridized carbons (Fsp3) is 0.200. The molecule has 1 aromatic carbocycles. The second kappa shape index (κ2) is 7.61. The highest BCUT2D eigenvalue weighted by Gasteiger charge is 2.10. The van der Waals surface area contributed by atoms with Crippen LogP contribution in [0.25, 0.3) is 0 Å². The van der Waals surface area contributed by atoms with E-state index in [-0.39, 0.29) is 5.91 Å². The summed E-state index contributed by atoms with van der Waals surface area (Å²) in [5, 5.41) is 6.37. The van der Waals surface area contributed by atoms with Gasteiger partial charge in [0.1, 0.15) is 5.82 Å². The number of halogens is 2. The minimum absolute atomic E-state index is 0.229. The number of nitrogens with one attached hydrogen (secondary N) is 2. The van der Waals surface area contributed by atoms with E-state index < -0.39 is 0 Å². The minimum Gasteiger partial charge on any atom is -0.369 e. The quantitative estimate of drug-likeness (QED) is 0.711. The van der Waals surface area contributed by atoms with Crippen LogP contribution in [0.1, 0.15) is 23.7 Å². The predicted molar refractivity (Wildman–Crippen MR) is 95.1 cm³/mol. The van der Waals surface area contributed by atoms with Crippen molar-refractivity contribution in [2.24, 2.45) is 0 Å². The molecule has 0 spiro atoms. The Kier molecular flexibility index (Phi) is 5.81. The molecule has 4 nitrogen and oxygen atoms in total. The first kappa shape index (κ1) is 16.0. The van der Waals surface area contributed by atoms with Crippen molar-refractivity contribution >= 4 is 51.6 Å². The first-order valence-electron chi connectivity index (χ1n) is 6.56. The van der Waals surface area contributed by atoms with E-state index in [1.54, 1.807) is 6.07 Å². The van der Waals surface area contributed by atoms with E-state index in [0.29, 0.717) is 16.4 Å². The molecule has 0 aliphatic rings. The van der Waals surface area contributed by atoms with Crippen molar-refractivity contribution in [1.29, 1.82) is 0 Å². The number of carbonyl (C=O) groups excluding carboxylic acids is 1. The molecule has 2 rings (SSSR count). The standard InChI is InChI=1S/C15H15ClIN3O/c1-2-7-18-14-13(16)8-10(9-19-14)15(21)20-12-5-3-11(17)4-6-12/h3-6,8-9H,2,7H2,1H3,(H,18,19)(H,20,21). The molecule has 21 heavy (non-hydrogen) atoms. The lowest BCUT2D eigenvalue weighted by atomic mass is 10.2. The molecule has 0 aliphatic carbocycles. The Morgan fingerprint density at radius 2 is 2.05 bits per heavy atom. The van der Waals surface area contributed by atoms with Crippen LogP contribution in [-0.4, -0.2) is 17.4 Å². The summed E-state index contributed by atoms with van der Waals surface area (Å²) in [6, 6.07) is 9.19. The summed E-state index contributed by atoms with van der Waals surface area (Å²) in [6.07, 6.45) is 2.50. The zero-order valence-electron chi connectivity index (χ0n) is 11.5. The SMILES string of the molecule is CCCNc1ncc(C(=O)Nc2ccc(I)cc2)cc1Cl. The van der Waals surface area contributed by atoms with Gasteiger partial charge in [-0.15, -0.1) is 0 Å². The molecule has 0 saturated heterocycles. The molecular weight excluding hydrogens is 401 g/mol. The number of carbonyl (C=O) groups is 1. The lowest BCUT2D eigenvalue weighted by Crippen LogP contribution is -2.13. The van der Waals surface area contributed by atoms with E-state index in [9.17, 15) is 4.79 Å². The monoisotopic (exact) mass is 415 g/mol. The van der Waals surface area contributed by atoms with Gasteiger partial charge < -0.3 is 10.6 Å². The highest BCUT2D eigenvalue weighted by atomic mass is 127. The molecule has 2 N–H and O–H groups in total. The molecule has 0 saturated carbocycles. The van der Waals surface area contributed by atoms with Crippen molar-refractivity contribution in [3.8, 4) is 0 Å². The van der Waals surface area contributed by atoms with Gasteiger partial charge >= 0.3 is 0 Å². The summed E-state index contributed by atoms with van der Waals surface area (Å²) in [4.78, 5) is 16.3. The summed E-state index contributed by atoms with van der Waals surface area (Å²) in [5.41, 5.74) is 1.17. The third kappa shape index (κ3) is 4.57. The molecule has 0 unspecified atom stereocenters. The average molecular weight is 416 g/mol. The van der Waals surface area contributed by atoms with E-state index in [1.165, 1.54) is 6.20 Å². The molecule has 110 valence electrons. The van der Waals surface area contributed by atoms with Gasteiger partial charge in [-0.05, 0) is 59.3 Å². The molecule has 1 heterocycles. The average Bonchev–Trinajstić information content (AvgIpc) is 2.48. The fourth-order valence-corrected chi connectivity index (χ4v) is 2.26. The van der Waals surface area contributed by atoms with Crippen LogP contribution in [0.4, 0.5) is 11.5 Å². The number of benzene rings is 1. The first-order valence-corrected chi connectivity index (χ1v) is 8.02. The van der Waals surface area contributed by atoms with Crippen LogP contribution < -0.4 is 10.6 Å². The third-order valence-electron chi connectivity index (χ3n) is 2.75. The number of aromatic nitrogens is 1. The third-order valence-corrected chi connectivity index (χ3v) is 3.76. The number of hydrogen-bond acceptors (Lipinski definition) is 3. The Bertz CT molecular complexity index is 631. The smallest absolute Gasteiger partial charge is 0.257 e. The molecule has 2 aromatic rings. The van der Waals surface area contributed by atoms with Crippen LogP contribution in [-0.2, 0) is 0 Å². The number of pyridine rings is 1. The fourth-order valence-electron chi connectivity index (χ4n) is 1.67. The summed E-state index contributed by atoms with van der Waals surface area (Å²) in [7, 11) is 0. The van der Waals surface area contributed by atoms with Gasteiger partial charge in [0.25, 0.3) is 5.91 Å². The van der Waals surface area contributed by atoms with Gasteiger partial charge in [-0.3, -0.25) is 4.79 Å². The van der Waals surface area contributed by atoms with Crippen LogP contribution in [0.2, 0.25) is 5.02 Å². The molecule has 0 radical (unpaired) electrons. The van der Waals surface area contributed by atoms with Crippen molar-refractivity contribution in [2.45, 2.75) is 13.3 Å². The van der Waals surface area contributed by atoms with Crippen molar-refractivity contribution < 1.29 is 4.79 Å². The van der Waals surface area contributed by atoms with E-state index in [2.05, 4.69) is 45.1 Å². The molecule has 6 heteroatoms. The van der Waals surface area contributed by atoms with E-state index in [4.69, 9.17) is 11.6 Å². The zero-order chi connectivity index (χ0) is 15.2. The lowest BCUT2D eigenvalue weighted by Gasteiger charge is -2.09. The van der Waals surface area contributed by atoms with Crippen LogP contribution in [0, 0.1) is 3.57 Å². The molecule has 0 bridgehead atoms. The predicted octanol–water partition coefficient (Wildman–Crippen LogP) is 4.41. The Hall–Kier alpha value is -1.34. The molecule has 0 fully saturated rings. The van der Waals surface area contributed by atoms with Crippen molar-refractivity contribution in [3.63, 3.8) is 0 Å². The van der Waals surface area contributed by atoms with Crippen LogP contribution >= 0.6 is 34.2 Å². The summed E-state index contributed by atoms with van der Waals surface area (Å²) in [6.45, 7) is 2.85. The Labute approximate surface area is 142 Å². The molecule has 1 amide bonds. The Balaban J connectivity index is 2.08. The Morgan fingerprint density at radius 3 is 2.67 bits per heavy atom. The number of nitrogens with zero attached hydrogens (tertiary/aromatic N) is 1. The summed E-state index contributed by atoms with van der Waals surface area (Å²) >= 11 is 8.34. The maximum atomic E-state index is 12.1. The highest BCUT2D eigenvalue weighted by molar-refractivity contribution is 14.1. The maximum Gasteiger partial charge on any atom is 0.257 e. The van der Waals surface area contributed by atoms with Crippen LogP contribution in [0.5, 0.6) is 0 Å². The lowest BCUT2D eigenvalue weighted by molar-refractivity contribution is 0.102. The second-order valence-corrected chi connectivity index (χ2v) is 6.10. The van der Waals surface area contributed by atoms with E-state index >= 15 is 0 Å². The summed E-state index contributed by atoms with van der Waals surface area (Å²) < 4.78 is 1.11. The number of anilines is 2. The van der Waals surface area contributed by atoms with E-state index in [0.717, 1.165) is 22.2 Å².